The summed E-state index contributed by atoms with van der Waals surface area (Å²) in [5, 5.41) is 25.1. The Bertz CT molecular complexity index is 892. The Balaban J connectivity index is 1.29. The summed E-state index contributed by atoms with van der Waals surface area (Å²) >= 11 is 0. The molecule has 0 amide bonds. The van der Waals surface area contributed by atoms with Crippen LogP contribution in [-0.2, 0) is 11.3 Å². The van der Waals surface area contributed by atoms with Crippen molar-refractivity contribution in [3.8, 4) is 6.07 Å². The second kappa shape index (κ2) is 9.58. The third-order valence-corrected chi connectivity index (χ3v) is 11.1. The number of fused-ring (bicyclic) bond motifs is 5. The average Bonchev–Trinajstić information content (AvgIpc) is 3.44. The molecule has 0 saturated heterocycles. The van der Waals surface area contributed by atoms with E-state index in [1.165, 1.54) is 44.9 Å². The molecule has 5 heteroatoms. The van der Waals surface area contributed by atoms with E-state index in [0.29, 0.717) is 36.2 Å². The maximum absolute atomic E-state index is 11.1. The van der Waals surface area contributed by atoms with Crippen molar-refractivity contribution in [2.75, 3.05) is 13.2 Å². The first-order valence-electron chi connectivity index (χ1n) is 14.1. The predicted octanol–water partition coefficient (Wildman–Crippen LogP) is 5.82. The minimum absolute atomic E-state index is 0.430. The third kappa shape index (κ3) is 4.13. The van der Waals surface area contributed by atoms with Crippen molar-refractivity contribution in [1.29, 1.82) is 5.26 Å². The van der Waals surface area contributed by atoms with Gasteiger partial charge in [0.25, 0.3) is 0 Å². The number of ether oxygens (including phenoxy) is 1. The second-order valence-corrected chi connectivity index (χ2v) is 12.4. The topological polar surface area (TPSA) is 71.1 Å². The number of rotatable bonds is 7. The maximum Gasteiger partial charge on any atom is 0.138 e. The fourth-order valence-electron chi connectivity index (χ4n) is 9.54. The lowest BCUT2D eigenvalue weighted by molar-refractivity contribution is -0.130. The van der Waals surface area contributed by atoms with Crippen LogP contribution < -0.4 is 0 Å². The minimum Gasteiger partial charge on any atom is -0.387 e. The van der Waals surface area contributed by atoms with Crippen LogP contribution in [0.1, 0.15) is 90.7 Å². The fourth-order valence-corrected chi connectivity index (χ4v) is 9.54. The van der Waals surface area contributed by atoms with Crippen molar-refractivity contribution in [2.24, 2.45) is 46.8 Å². The molecule has 34 heavy (non-hydrogen) atoms. The summed E-state index contributed by atoms with van der Waals surface area (Å²) in [4.78, 5) is 0. The zero-order valence-electron chi connectivity index (χ0n) is 21.6. The Morgan fingerprint density at radius 1 is 1.15 bits per heavy atom. The van der Waals surface area contributed by atoms with Gasteiger partial charge in [0, 0.05) is 13.2 Å². The number of hydrogen-bond donors (Lipinski definition) is 1. The highest BCUT2D eigenvalue weighted by Crippen LogP contribution is 2.66. The molecule has 5 rings (SSSR count). The summed E-state index contributed by atoms with van der Waals surface area (Å²) in [7, 11) is 0. The van der Waals surface area contributed by atoms with Crippen LogP contribution in [0.25, 0.3) is 0 Å². The van der Waals surface area contributed by atoms with Crippen molar-refractivity contribution in [3.05, 3.63) is 18.0 Å². The van der Waals surface area contributed by atoms with Crippen molar-refractivity contribution < 1.29 is 9.84 Å². The van der Waals surface area contributed by atoms with Gasteiger partial charge in [-0.2, -0.15) is 10.4 Å². The molecular formula is C29H45N3O2. The van der Waals surface area contributed by atoms with Gasteiger partial charge in [-0.1, -0.05) is 20.3 Å². The number of aromatic nitrogens is 2. The van der Waals surface area contributed by atoms with Crippen LogP contribution in [0, 0.1) is 58.2 Å². The molecule has 0 aliphatic heterocycles. The van der Waals surface area contributed by atoms with E-state index in [1.807, 2.05) is 17.7 Å². The number of nitrogens with zero attached hydrogens (tertiary/aromatic N) is 3. The lowest BCUT2D eigenvalue weighted by atomic mass is 9.48. The molecule has 0 aromatic carbocycles. The number of nitriles is 1. The highest BCUT2D eigenvalue weighted by Gasteiger charge is 2.58. The molecule has 0 radical (unpaired) electrons. The molecule has 4 aliphatic rings. The number of aliphatic hydroxyl groups is 1. The van der Waals surface area contributed by atoms with Crippen molar-refractivity contribution in [1.82, 2.24) is 9.78 Å². The van der Waals surface area contributed by atoms with Gasteiger partial charge >= 0.3 is 0 Å². The van der Waals surface area contributed by atoms with Crippen LogP contribution >= 0.6 is 0 Å². The first kappa shape index (κ1) is 24.3. The summed E-state index contributed by atoms with van der Waals surface area (Å²) < 4.78 is 7.61. The van der Waals surface area contributed by atoms with E-state index >= 15 is 0 Å². The molecule has 0 spiro atoms. The molecule has 1 heterocycles. The quantitative estimate of drug-likeness (QED) is 0.549. The van der Waals surface area contributed by atoms with Gasteiger partial charge in [0.1, 0.15) is 11.8 Å². The van der Waals surface area contributed by atoms with Gasteiger partial charge in [-0.15, -0.1) is 0 Å². The Labute approximate surface area is 206 Å². The van der Waals surface area contributed by atoms with Gasteiger partial charge in [0.15, 0.2) is 0 Å². The fraction of sp³-hybridized carbons (Fsp3) is 0.862. The van der Waals surface area contributed by atoms with Crippen LogP contribution in [0.5, 0.6) is 0 Å². The largest absolute Gasteiger partial charge is 0.387 e. The van der Waals surface area contributed by atoms with E-state index in [-0.39, 0.29) is 0 Å². The third-order valence-electron chi connectivity index (χ3n) is 11.1. The summed E-state index contributed by atoms with van der Waals surface area (Å²) in [6.07, 6.45) is 14.1. The normalized spacial score (nSPS) is 42.3. The Kier molecular flexibility index (Phi) is 6.85. The van der Waals surface area contributed by atoms with Gasteiger partial charge in [-0.05, 0) is 118 Å². The zero-order chi connectivity index (χ0) is 23.9. The maximum atomic E-state index is 11.1. The van der Waals surface area contributed by atoms with Gasteiger partial charge in [-0.3, -0.25) is 4.68 Å². The zero-order valence-corrected chi connectivity index (χ0v) is 21.6. The first-order chi connectivity index (χ1) is 16.4. The molecule has 0 bridgehead atoms. The number of hydrogen-bond acceptors (Lipinski definition) is 4. The van der Waals surface area contributed by atoms with Crippen LogP contribution in [0.2, 0.25) is 0 Å². The van der Waals surface area contributed by atoms with Crippen molar-refractivity contribution in [2.45, 2.75) is 97.1 Å². The summed E-state index contributed by atoms with van der Waals surface area (Å²) in [5.74, 6) is 5.42. The molecule has 1 aromatic rings. The summed E-state index contributed by atoms with van der Waals surface area (Å²) in [6, 6.07) is 4.16. The molecule has 1 N–H and O–H groups in total. The van der Waals surface area contributed by atoms with Crippen molar-refractivity contribution >= 4 is 0 Å². The molecule has 1 unspecified atom stereocenters. The SMILES string of the molecule is CCOC[C@@]1(O)CC[C@H]2[C@H](CC[C@@H]3[C@@H]2CC[C@]2(C)C([C@H](CC)Cn4nccc4C#N)CC[C@@H]32)C1. The molecular weight excluding hydrogens is 422 g/mol. The molecule has 5 nitrogen and oxygen atoms in total. The van der Waals surface area contributed by atoms with Crippen LogP contribution in [0.3, 0.4) is 0 Å². The van der Waals surface area contributed by atoms with Gasteiger partial charge in [-0.25, -0.2) is 0 Å². The standard InChI is InChI=1S/C29H45N3O2/c1-4-20(18-32-22(17-30)12-15-31-32)26-8-9-27-25-7-6-21-16-29(33,19-34-5-2)14-11-23(21)24(25)10-13-28(26,27)3/h12,15,20-21,23-27,33H,4-11,13-14,16,18-19H2,1-3H3/t20-,21-,23+,24-,25-,26?,27+,28-,29-/m1/s1. The molecule has 188 valence electrons. The highest BCUT2D eigenvalue weighted by atomic mass is 16.5. The summed E-state index contributed by atoms with van der Waals surface area (Å²) in [5.41, 5.74) is 0.537. The lowest BCUT2D eigenvalue weighted by Gasteiger charge is -2.57. The minimum atomic E-state index is -0.589. The van der Waals surface area contributed by atoms with Gasteiger partial charge in [0.2, 0.25) is 0 Å². The van der Waals surface area contributed by atoms with Crippen molar-refractivity contribution in [3.63, 3.8) is 0 Å². The van der Waals surface area contributed by atoms with Gasteiger partial charge < -0.3 is 9.84 Å². The Hall–Kier alpha value is -1.38. The monoisotopic (exact) mass is 467 g/mol. The van der Waals surface area contributed by atoms with Crippen LogP contribution in [-0.4, -0.2) is 33.7 Å². The molecule has 9 atom stereocenters. The molecule has 1 aromatic heterocycles. The Morgan fingerprint density at radius 2 is 1.97 bits per heavy atom. The molecule has 4 fully saturated rings. The van der Waals surface area contributed by atoms with Crippen LogP contribution in [0.15, 0.2) is 12.3 Å². The highest BCUT2D eigenvalue weighted by molar-refractivity contribution is 5.18. The molecule has 4 saturated carbocycles. The smallest absolute Gasteiger partial charge is 0.138 e. The van der Waals surface area contributed by atoms with E-state index in [4.69, 9.17) is 4.74 Å². The van der Waals surface area contributed by atoms with E-state index in [2.05, 4.69) is 25.0 Å². The average molecular weight is 468 g/mol. The van der Waals surface area contributed by atoms with E-state index < -0.39 is 5.60 Å². The van der Waals surface area contributed by atoms with E-state index in [9.17, 15) is 10.4 Å². The second-order valence-electron chi connectivity index (χ2n) is 12.4. The van der Waals surface area contributed by atoms with E-state index in [0.717, 1.165) is 55.4 Å². The van der Waals surface area contributed by atoms with Gasteiger partial charge in [0.05, 0.1) is 18.4 Å². The summed E-state index contributed by atoms with van der Waals surface area (Å²) in [6.45, 7) is 9.07. The van der Waals surface area contributed by atoms with Crippen LogP contribution in [0.4, 0.5) is 0 Å². The first-order valence-corrected chi connectivity index (χ1v) is 14.1. The lowest BCUT2D eigenvalue weighted by Crippen LogP contribution is -2.52. The Morgan fingerprint density at radius 3 is 2.74 bits per heavy atom. The van der Waals surface area contributed by atoms with E-state index in [1.54, 1.807) is 6.20 Å². The predicted molar refractivity (Wildman–Crippen MR) is 133 cm³/mol. The molecule has 4 aliphatic carbocycles.